The second kappa shape index (κ2) is 4.78. The molecule has 0 spiro atoms. The molecule has 0 amide bonds. The number of hydrogen-bond acceptors (Lipinski definition) is 4. The fourth-order valence-electron chi connectivity index (χ4n) is 2.08. The number of rotatable bonds is 4. The lowest BCUT2D eigenvalue weighted by Crippen LogP contribution is -2.52. The summed E-state index contributed by atoms with van der Waals surface area (Å²) in [5, 5.41) is 12.6. The maximum absolute atomic E-state index is 10.6. The van der Waals surface area contributed by atoms with Gasteiger partial charge in [0.15, 0.2) is 0 Å². The van der Waals surface area contributed by atoms with Crippen LogP contribution in [-0.2, 0) is 10.1 Å². The first-order valence-electron chi connectivity index (χ1n) is 5.24. The lowest BCUT2D eigenvalue weighted by Gasteiger charge is -2.31. The van der Waals surface area contributed by atoms with Gasteiger partial charge < -0.3 is 5.11 Å². The predicted molar refractivity (Wildman–Crippen MR) is 57.0 cm³/mol. The zero-order valence-corrected chi connectivity index (χ0v) is 9.76. The Morgan fingerprint density at radius 3 is 2.33 bits per heavy atom. The summed E-state index contributed by atoms with van der Waals surface area (Å²) in [6, 6.07) is 0.149. The van der Waals surface area contributed by atoms with E-state index in [1.54, 1.807) is 0 Å². The topological polar surface area (TPSA) is 86.6 Å². The lowest BCUT2D eigenvalue weighted by molar-refractivity contribution is 0.0276. The quantitative estimate of drug-likeness (QED) is 0.490. The van der Waals surface area contributed by atoms with Gasteiger partial charge in [-0.3, -0.25) is 9.87 Å². The van der Waals surface area contributed by atoms with Crippen LogP contribution in [0, 0.1) is 0 Å². The molecular weight excluding hydrogens is 218 g/mol. The zero-order valence-electron chi connectivity index (χ0n) is 8.94. The van der Waals surface area contributed by atoms with E-state index in [2.05, 4.69) is 5.32 Å². The number of nitrogens with one attached hydrogen (secondary N) is 1. The van der Waals surface area contributed by atoms with Crippen LogP contribution in [0.5, 0.6) is 0 Å². The molecule has 3 N–H and O–H groups in total. The standard InChI is InChI=1S/C9H19NO4S/c1-9(11,7-15(12,13)14)10-8-5-3-2-4-6-8/h8,10-11H,2-7H2,1H3,(H,12,13,14). The van der Waals surface area contributed by atoms with Crippen molar-refractivity contribution in [3.63, 3.8) is 0 Å². The van der Waals surface area contributed by atoms with Gasteiger partial charge in [0.25, 0.3) is 10.1 Å². The molecule has 1 aliphatic rings. The van der Waals surface area contributed by atoms with Crippen LogP contribution in [-0.4, -0.2) is 35.6 Å². The molecule has 1 saturated carbocycles. The van der Waals surface area contributed by atoms with Crippen LogP contribution in [0.4, 0.5) is 0 Å². The van der Waals surface area contributed by atoms with Crippen molar-refractivity contribution in [2.45, 2.75) is 50.8 Å². The first kappa shape index (κ1) is 12.9. The summed E-state index contributed by atoms with van der Waals surface area (Å²) in [5.74, 6) is -0.670. The zero-order chi connectivity index (χ0) is 11.5. The van der Waals surface area contributed by atoms with Crippen LogP contribution >= 0.6 is 0 Å². The van der Waals surface area contributed by atoms with Crippen molar-refractivity contribution in [3.8, 4) is 0 Å². The number of aliphatic hydroxyl groups is 1. The highest BCUT2D eigenvalue weighted by Crippen LogP contribution is 2.19. The van der Waals surface area contributed by atoms with Crippen molar-refractivity contribution in [2.75, 3.05) is 5.75 Å². The molecule has 90 valence electrons. The highest BCUT2D eigenvalue weighted by molar-refractivity contribution is 7.85. The summed E-state index contributed by atoms with van der Waals surface area (Å²) in [4.78, 5) is 0. The Bertz CT molecular complexity index is 293. The maximum atomic E-state index is 10.6. The SMILES string of the molecule is CC(O)(CS(=O)(=O)O)NC1CCCCC1. The lowest BCUT2D eigenvalue weighted by atomic mass is 9.95. The molecule has 1 rings (SSSR count). The van der Waals surface area contributed by atoms with Gasteiger partial charge in [-0.25, -0.2) is 0 Å². The van der Waals surface area contributed by atoms with Gasteiger partial charge in [-0.2, -0.15) is 8.42 Å². The highest BCUT2D eigenvalue weighted by Gasteiger charge is 2.30. The molecule has 0 aliphatic heterocycles. The molecule has 6 heteroatoms. The van der Waals surface area contributed by atoms with E-state index >= 15 is 0 Å². The van der Waals surface area contributed by atoms with Crippen LogP contribution < -0.4 is 5.32 Å². The second-order valence-electron chi connectivity index (χ2n) is 4.48. The van der Waals surface area contributed by atoms with E-state index in [0.29, 0.717) is 0 Å². The van der Waals surface area contributed by atoms with Crippen LogP contribution in [0.3, 0.4) is 0 Å². The molecule has 1 atom stereocenters. The van der Waals surface area contributed by atoms with Crippen molar-refractivity contribution in [2.24, 2.45) is 0 Å². The monoisotopic (exact) mass is 237 g/mol. The van der Waals surface area contributed by atoms with E-state index in [9.17, 15) is 13.5 Å². The molecule has 0 aromatic rings. The van der Waals surface area contributed by atoms with Crippen LogP contribution in [0.25, 0.3) is 0 Å². The third kappa shape index (κ3) is 5.46. The van der Waals surface area contributed by atoms with Gasteiger partial charge in [0.2, 0.25) is 0 Å². The first-order valence-corrected chi connectivity index (χ1v) is 6.85. The molecule has 1 fully saturated rings. The summed E-state index contributed by atoms with van der Waals surface area (Å²) in [6.07, 6.45) is 5.28. The van der Waals surface area contributed by atoms with Crippen molar-refractivity contribution in [1.82, 2.24) is 5.32 Å². The molecule has 1 aliphatic carbocycles. The Morgan fingerprint density at radius 2 is 1.87 bits per heavy atom. The van der Waals surface area contributed by atoms with E-state index in [-0.39, 0.29) is 6.04 Å². The van der Waals surface area contributed by atoms with E-state index in [1.807, 2.05) is 0 Å². The molecule has 0 saturated heterocycles. The van der Waals surface area contributed by atoms with Crippen molar-refractivity contribution >= 4 is 10.1 Å². The highest BCUT2D eigenvalue weighted by atomic mass is 32.2. The van der Waals surface area contributed by atoms with E-state index in [1.165, 1.54) is 13.3 Å². The minimum atomic E-state index is -4.15. The molecule has 15 heavy (non-hydrogen) atoms. The van der Waals surface area contributed by atoms with Gasteiger partial charge in [0.05, 0.1) is 0 Å². The van der Waals surface area contributed by atoms with E-state index < -0.39 is 21.6 Å². The maximum Gasteiger partial charge on any atom is 0.269 e. The number of hydrogen-bond donors (Lipinski definition) is 3. The molecule has 0 heterocycles. The average molecular weight is 237 g/mol. The molecular formula is C9H19NO4S. The molecule has 0 bridgehead atoms. The van der Waals surface area contributed by atoms with Gasteiger partial charge in [-0.1, -0.05) is 19.3 Å². The van der Waals surface area contributed by atoms with Gasteiger partial charge in [0, 0.05) is 6.04 Å². The Hall–Kier alpha value is -0.170. The Morgan fingerprint density at radius 1 is 1.33 bits per heavy atom. The van der Waals surface area contributed by atoms with Crippen molar-refractivity contribution < 1.29 is 18.1 Å². The third-order valence-electron chi connectivity index (χ3n) is 2.58. The minimum Gasteiger partial charge on any atom is -0.375 e. The molecule has 0 radical (unpaired) electrons. The normalized spacial score (nSPS) is 23.7. The molecule has 5 nitrogen and oxygen atoms in total. The van der Waals surface area contributed by atoms with Gasteiger partial charge in [-0.05, 0) is 19.8 Å². The van der Waals surface area contributed by atoms with Crippen molar-refractivity contribution in [3.05, 3.63) is 0 Å². The van der Waals surface area contributed by atoms with Crippen LogP contribution in [0.1, 0.15) is 39.0 Å². The summed E-state index contributed by atoms with van der Waals surface area (Å²) in [5.41, 5.74) is -1.55. The summed E-state index contributed by atoms with van der Waals surface area (Å²) < 4.78 is 29.9. The van der Waals surface area contributed by atoms with Gasteiger partial charge in [0.1, 0.15) is 11.5 Å². The predicted octanol–water partition coefficient (Wildman–Crippen LogP) is 0.505. The summed E-state index contributed by atoms with van der Waals surface area (Å²) >= 11 is 0. The van der Waals surface area contributed by atoms with Gasteiger partial charge >= 0.3 is 0 Å². The first-order chi connectivity index (χ1) is 6.79. The summed E-state index contributed by atoms with van der Waals surface area (Å²) in [7, 11) is -4.15. The smallest absolute Gasteiger partial charge is 0.269 e. The Balaban J connectivity index is 2.47. The fraction of sp³-hybridized carbons (Fsp3) is 1.00. The Labute approximate surface area is 90.6 Å². The molecule has 0 aromatic heterocycles. The average Bonchev–Trinajstić information content (AvgIpc) is 1.99. The largest absolute Gasteiger partial charge is 0.375 e. The third-order valence-corrected chi connectivity index (χ3v) is 3.51. The van der Waals surface area contributed by atoms with Crippen LogP contribution in [0.2, 0.25) is 0 Å². The second-order valence-corrected chi connectivity index (χ2v) is 5.93. The summed E-state index contributed by atoms with van der Waals surface area (Å²) in [6.45, 7) is 1.37. The molecule has 1 unspecified atom stereocenters. The molecule has 0 aromatic carbocycles. The van der Waals surface area contributed by atoms with Crippen molar-refractivity contribution in [1.29, 1.82) is 0 Å². The van der Waals surface area contributed by atoms with E-state index in [4.69, 9.17) is 4.55 Å². The van der Waals surface area contributed by atoms with Gasteiger partial charge in [-0.15, -0.1) is 0 Å². The minimum absolute atomic E-state index is 0.149. The Kier molecular flexibility index (Phi) is 4.11. The van der Waals surface area contributed by atoms with Crippen LogP contribution in [0.15, 0.2) is 0 Å². The fourth-order valence-corrected chi connectivity index (χ4v) is 2.88. The van der Waals surface area contributed by atoms with E-state index in [0.717, 1.165) is 25.7 Å².